The minimum atomic E-state index is -3.68. The first-order valence-electron chi connectivity index (χ1n) is 5.13. The Morgan fingerprint density at radius 3 is 2.71 bits per heavy atom. The number of hydrogen-bond acceptors (Lipinski definition) is 4. The molecule has 1 unspecified atom stereocenters. The molecule has 1 aliphatic heterocycles. The Labute approximate surface area is 99.5 Å². The Morgan fingerprint density at radius 2 is 2.18 bits per heavy atom. The van der Waals surface area contributed by atoms with Gasteiger partial charge in [-0.15, -0.1) is 0 Å². The van der Waals surface area contributed by atoms with Gasteiger partial charge in [0.1, 0.15) is 11.1 Å². The lowest BCUT2D eigenvalue weighted by Crippen LogP contribution is -2.32. The Kier molecular flexibility index (Phi) is 2.88. The number of amides is 1. The zero-order valence-electron chi connectivity index (χ0n) is 9.33. The summed E-state index contributed by atoms with van der Waals surface area (Å²) in [5.74, 6) is 0.211. The van der Waals surface area contributed by atoms with E-state index >= 15 is 0 Å². The molecule has 1 saturated heterocycles. The van der Waals surface area contributed by atoms with E-state index in [2.05, 4.69) is 4.98 Å². The van der Waals surface area contributed by atoms with Gasteiger partial charge in [-0.3, -0.25) is 9.69 Å². The van der Waals surface area contributed by atoms with Crippen LogP contribution in [-0.4, -0.2) is 31.1 Å². The molecule has 6 nitrogen and oxygen atoms in total. The molecule has 2 heterocycles. The topological polar surface area (TPSA) is 93.4 Å². The highest BCUT2D eigenvalue weighted by molar-refractivity contribution is 7.89. The maximum absolute atomic E-state index is 11.7. The molecule has 0 radical (unpaired) electrons. The lowest BCUT2D eigenvalue weighted by molar-refractivity contribution is -0.117. The number of carbonyl (C=O) groups is 1. The average Bonchev–Trinajstić information content (AvgIpc) is 2.60. The smallest absolute Gasteiger partial charge is 0.229 e. The van der Waals surface area contributed by atoms with Crippen molar-refractivity contribution in [3.63, 3.8) is 0 Å². The van der Waals surface area contributed by atoms with Gasteiger partial charge in [0, 0.05) is 18.7 Å². The molecule has 2 N–H and O–H groups in total. The van der Waals surface area contributed by atoms with Crippen LogP contribution in [0.4, 0.5) is 5.82 Å². The maximum atomic E-state index is 11.7. The molecule has 2 rings (SSSR count). The van der Waals surface area contributed by atoms with Gasteiger partial charge in [-0.2, -0.15) is 0 Å². The standard InChI is InChI=1S/C10H13N3O3S/c1-7-3-2-4-9(12-7)13-6-8(5-10(13)14)17(11,15)16/h2-4,8H,5-6H2,1H3,(H2,11,15,16). The molecule has 0 bridgehead atoms. The summed E-state index contributed by atoms with van der Waals surface area (Å²) < 4.78 is 22.4. The second-order valence-electron chi connectivity index (χ2n) is 4.06. The van der Waals surface area contributed by atoms with E-state index in [1.165, 1.54) is 4.90 Å². The molecular formula is C10H13N3O3S. The molecule has 0 saturated carbocycles. The van der Waals surface area contributed by atoms with Crippen LogP contribution in [0.5, 0.6) is 0 Å². The second kappa shape index (κ2) is 4.08. The third-order valence-corrected chi connectivity index (χ3v) is 3.95. The van der Waals surface area contributed by atoms with Gasteiger partial charge in [0.25, 0.3) is 0 Å². The predicted octanol–water partition coefficient (Wildman–Crippen LogP) is -0.216. The highest BCUT2D eigenvalue weighted by Crippen LogP contribution is 2.22. The fraction of sp³-hybridized carbons (Fsp3) is 0.400. The van der Waals surface area contributed by atoms with E-state index in [0.717, 1.165) is 5.69 Å². The van der Waals surface area contributed by atoms with Crippen LogP contribution in [0.1, 0.15) is 12.1 Å². The monoisotopic (exact) mass is 255 g/mol. The van der Waals surface area contributed by atoms with Crippen molar-refractivity contribution in [2.75, 3.05) is 11.4 Å². The van der Waals surface area contributed by atoms with Crippen molar-refractivity contribution in [3.05, 3.63) is 23.9 Å². The van der Waals surface area contributed by atoms with Gasteiger partial charge >= 0.3 is 0 Å². The molecule has 1 aromatic rings. The van der Waals surface area contributed by atoms with Gasteiger partial charge in [0.2, 0.25) is 15.9 Å². The third kappa shape index (κ3) is 2.45. The number of primary sulfonamides is 1. The number of carbonyl (C=O) groups excluding carboxylic acids is 1. The van der Waals surface area contributed by atoms with Crippen LogP contribution in [0.25, 0.3) is 0 Å². The predicted molar refractivity (Wildman–Crippen MR) is 62.8 cm³/mol. The molecular weight excluding hydrogens is 242 g/mol. The number of pyridine rings is 1. The molecule has 1 amide bonds. The Morgan fingerprint density at radius 1 is 1.47 bits per heavy atom. The summed E-state index contributed by atoms with van der Waals surface area (Å²) in [4.78, 5) is 17.3. The number of nitrogens with two attached hydrogens (primary N) is 1. The van der Waals surface area contributed by atoms with Gasteiger partial charge in [-0.05, 0) is 19.1 Å². The molecule has 1 fully saturated rings. The lowest BCUT2D eigenvalue weighted by Gasteiger charge is -2.15. The number of aromatic nitrogens is 1. The largest absolute Gasteiger partial charge is 0.295 e. The van der Waals surface area contributed by atoms with Crippen molar-refractivity contribution in [1.29, 1.82) is 0 Å². The molecule has 1 aromatic heterocycles. The van der Waals surface area contributed by atoms with Gasteiger partial charge < -0.3 is 0 Å². The number of nitrogens with zero attached hydrogens (tertiary/aromatic N) is 2. The van der Waals surface area contributed by atoms with Crippen LogP contribution in [-0.2, 0) is 14.8 Å². The minimum Gasteiger partial charge on any atom is -0.295 e. The first kappa shape index (κ1) is 12.0. The van der Waals surface area contributed by atoms with Crippen LogP contribution >= 0.6 is 0 Å². The van der Waals surface area contributed by atoms with Crippen molar-refractivity contribution in [3.8, 4) is 0 Å². The summed E-state index contributed by atoms with van der Waals surface area (Å²) in [7, 11) is -3.68. The summed E-state index contributed by atoms with van der Waals surface area (Å²) in [6, 6.07) is 5.26. The summed E-state index contributed by atoms with van der Waals surface area (Å²) >= 11 is 0. The van der Waals surface area contributed by atoms with Crippen molar-refractivity contribution >= 4 is 21.7 Å². The van der Waals surface area contributed by atoms with Crippen LogP contribution < -0.4 is 10.0 Å². The second-order valence-corrected chi connectivity index (χ2v) is 5.90. The van der Waals surface area contributed by atoms with E-state index < -0.39 is 15.3 Å². The quantitative estimate of drug-likeness (QED) is 0.790. The number of rotatable bonds is 2. The van der Waals surface area contributed by atoms with Crippen LogP contribution in [0.15, 0.2) is 18.2 Å². The summed E-state index contributed by atoms with van der Waals surface area (Å²) in [5, 5.41) is 4.21. The van der Waals surface area contributed by atoms with Gasteiger partial charge in [0.05, 0.1) is 0 Å². The van der Waals surface area contributed by atoms with E-state index in [0.29, 0.717) is 5.82 Å². The van der Waals surface area contributed by atoms with Crippen molar-refractivity contribution in [2.45, 2.75) is 18.6 Å². The number of aryl methyl sites for hydroxylation is 1. The average molecular weight is 255 g/mol. The Balaban J connectivity index is 2.28. The third-order valence-electron chi connectivity index (χ3n) is 2.70. The number of sulfonamides is 1. The molecule has 1 atom stereocenters. The van der Waals surface area contributed by atoms with E-state index in [9.17, 15) is 13.2 Å². The highest BCUT2D eigenvalue weighted by atomic mass is 32.2. The molecule has 17 heavy (non-hydrogen) atoms. The van der Waals surface area contributed by atoms with E-state index in [1.54, 1.807) is 25.1 Å². The fourth-order valence-corrected chi connectivity index (χ4v) is 2.53. The van der Waals surface area contributed by atoms with E-state index in [-0.39, 0.29) is 18.9 Å². The van der Waals surface area contributed by atoms with Crippen molar-refractivity contribution < 1.29 is 13.2 Å². The molecule has 0 aromatic carbocycles. The molecule has 0 aliphatic carbocycles. The fourth-order valence-electron chi connectivity index (χ4n) is 1.80. The molecule has 1 aliphatic rings. The first-order chi connectivity index (χ1) is 7.88. The zero-order chi connectivity index (χ0) is 12.6. The normalized spacial score (nSPS) is 20.9. The van der Waals surface area contributed by atoms with Crippen LogP contribution in [0.2, 0.25) is 0 Å². The van der Waals surface area contributed by atoms with Crippen molar-refractivity contribution in [1.82, 2.24) is 4.98 Å². The van der Waals surface area contributed by atoms with Gasteiger partial charge in [-0.1, -0.05) is 6.07 Å². The summed E-state index contributed by atoms with van der Waals surface area (Å²) in [6.07, 6.45) is -0.0749. The Hall–Kier alpha value is -1.47. The van der Waals surface area contributed by atoms with Crippen molar-refractivity contribution in [2.24, 2.45) is 5.14 Å². The van der Waals surface area contributed by atoms with Gasteiger partial charge in [0.15, 0.2) is 0 Å². The first-order valence-corrected chi connectivity index (χ1v) is 6.74. The maximum Gasteiger partial charge on any atom is 0.229 e. The van der Waals surface area contributed by atoms with E-state index in [4.69, 9.17) is 5.14 Å². The highest BCUT2D eigenvalue weighted by Gasteiger charge is 2.37. The molecule has 92 valence electrons. The Bertz CT molecular complexity index is 556. The number of anilines is 1. The molecule has 0 spiro atoms. The minimum absolute atomic E-state index is 0.0749. The van der Waals surface area contributed by atoms with Crippen LogP contribution in [0, 0.1) is 6.92 Å². The van der Waals surface area contributed by atoms with E-state index in [1.807, 2.05) is 0 Å². The zero-order valence-corrected chi connectivity index (χ0v) is 10.1. The van der Waals surface area contributed by atoms with Gasteiger partial charge in [-0.25, -0.2) is 18.5 Å². The SMILES string of the molecule is Cc1cccc(N2CC(S(N)(=O)=O)CC2=O)n1. The summed E-state index contributed by atoms with van der Waals surface area (Å²) in [5.41, 5.74) is 0.773. The summed E-state index contributed by atoms with van der Waals surface area (Å²) in [6.45, 7) is 1.88. The molecule has 7 heteroatoms. The number of hydrogen-bond donors (Lipinski definition) is 1. The van der Waals surface area contributed by atoms with Crippen LogP contribution in [0.3, 0.4) is 0 Å². The lowest BCUT2D eigenvalue weighted by atomic mass is 10.3.